The molecule has 0 aromatic carbocycles. The summed E-state index contributed by atoms with van der Waals surface area (Å²) in [6.45, 7) is 6.37. The van der Waals surface area contributed by atoms with Crippen LogP contribution in [0.1, 0.15) is 32.4 Å². The lowest BCUT2D eigenvalue weighted by Gasteiger charge is -2.27. The van der Waals surface area contributed by atoms with E-state index in [1.165, 1.54) is 0 Å². The number of hydrogen-bond donors (Lipinski definition) is 1. The third kappa shape index (κ3) is 2.78. The van der Waals surface area contributed by atoms with Gasteiger partial charge in [0.05, 0.1) is 0 Å². The Bertz CT molecular complexity index is 291. The standard InChI is InChI=1S/C10H15BrN2/c1-10(2,3)9(12)7-4-8(11)6-13-5-7/h4-6,9H,12H2,1-3H3. The summed E-state index contributed by atoms with van der Waals surface area (Å²) in [6, 6.07) is 2.04. The van der Waals surface area contributed by atoms with Crippen LogP contribution in [0.2, 0.25) is 0 Å². The van der Waals surface area contributed by atoms with Gasteiger partial charge in [-0.2, -0.15) is 0 Å². The summed E-state index contributed by atoms with van der Waals surface area (Å²) in [5.74, 6) is 0. The SMILES string of the molecule is CC(C)(C)C(N)c1cncc(Br)c1. The first-order valence-corrected chi connectivity index (χ1v) is 5.06. The van der Waals surface area contributed by atoms with Crippen molar-refractivity contribution in [1.82, 2.24) is 4.98 Å². The monoisotopic (exact) mass is 242 g/mol. The molecule has 0 aliphatic rings. The van der Waals surface area contributed by atoms with Crippen molar-refractivity contribution in [1.29, 1.82) is 0 Å². The second-order valence-electron chi connectivity index (χ2n) is 4.28. The van der Waals surface area contributed by atoms with E-state index >= 15 is 0 Å². The molecule has 2 N–H and O–H groups in total. The number of pyridine rings is 1. The summed E-state index contributed by atoms with van der Waals surface area (Å²) >= 11 is 3.38. The van der Waals surface area contributed by atoms with Crippen molar-refractivity contribution in [2.45, 2.75) is 26.8 Å². The van der Waals surface area contributed by atoms with E-state index in [0.29, 0.717) is 0 Å². The number of aromatic nitrogens is 1. The van der Waals surface area contributed by atoms with Gasteiger partial charge in [0.2, 0.25) is 0 Å². The van der Waals surface area contributed by atoms with Gasteiger partial charge < -0.3 is 5.73 Å². The van der Waals surface area contributed by atoms with Gasteiger partial charge in [-0.3, -0.25) is 4.98 Å². The Labute approximate surface area is 87.7 Å². The zero-order valence-electron chi connectivity index (χ0n) is 8.21. The van der Waals surface area contributed by atoms with Crippen LogP contribution in [0, 0.1) is 5.41 Å². The molecule has 0 spiro atoms. The van der Waals surface area contributed by atoms with Crippen LogP contribution in [0.15, 0.2) is 22.9 Å². The van der Waals surface area contributed by atoms with Gasteiger partial charge in [0.1, 0.15) is 0 Å². The van der Waals surface area contributed by atoms with Crippen LogP contribution in [0.4, 0.5) is 0 Å². The van der Waals surface area contributed by atoms with E-state index < -0.39 is 0 Å². The summed E-state index contributed by atoms with van der Waals surface area (Å²) in [5, 5.41) is 0. The average molecular weight is 243 g/mol. The molecule has 3 heteroatoms. The lowest BCUT2D eigenvalue weighted by Crippen LogP contribution is -2.26. The van der Waals surface area contributed by atoms with Crippen molar-refractivity contribution >= 4 is 15.9 Å². The molecule has 0 aliphatic heterocycles. The fourth-order valence-electron chi connectivity index (χ4n) is 1.10. The van der Waals surface area contributed by atoms with Crippen molar-refractivity contribution in [2.24, 2.45) is 11.1 Å². The minimum Gasteiger partial charge on any atom is -0.323 e. The molecule has 0 fully saturated rings. The number of nitrogens with two attached hydrogens (primary N) is 1. The van der Waals surface area contributed by atoms with Gasteiger partial charge in [-0.05, 0) is 33.0 Å². The third-order valence-corrected chi connectivity index (χ3v) is 2.45. The van der Waals surface area contributed by atoms with Gasteiger partial charge in [-0.25, -0.2) is 0 Å². The average Bonchev–Trinajstić information content (AvgIpc) is 2.01. The maximum atomic E-state index is 6.08. The zero-order chi connectivity index (χ0) is 10.1. The number of rotatable bonds is 1. The molecule has 72 valence electrons. The van der Waals surface area contributed by atoms with Crippen LogP contribution in [0.5, 0.6) is 0 Å². The second kappa shape index (κ2) is 3.76. The predicted molar refractivity (Wildman–Crippen MR) is 58.3 cm³/mol. The molecule has 0 bridgehead atoms. The van der Waals surface area contributed by atoms with E-state index in [2.05, 4.69) is 41.7 Å². The molecule has 1 atom stereocenters. The van der Waals surface area contributed by atoms with E-state index in [0.717, 1.165) is 10.0 Å². The van der Waals surface area contributed by atoms with E-state index in [1.807, 2.05) is 12.3 Å². The largest absolute Gasteiger partial charge is 0.323 e. The molecule has 1 heterocycles. The molecule has 0 radical (unpaired) electrons. The van der Waals surface area contributed by atoms with Crippen LogP contribution >= 0.6 is 15.9 Å². The van der Waals surface area contributed by atoms with Crippen molar-refractivity contribution in [3.8, 4) is 0 Å². The maximum Gasteiger partial charge on any atom is 0.0410 e. The molecular weight excluding hydrogens is 228 g/mol. The summed E-state index contributed by atoms with van der Waals surface area (Å²) in [4.78, 5) is 4.09. The fourth-order valence-corrected chi connectivity index (χ4v) is 1.48. The molecule has 0 aliphatic carbocycles. The van der Waals surface area contributed by atoms with E-state index in [4.69, 9.17) is 5.73 Å². The summed E-state index contributed by atoms with van der Waals surface area (Å²) in [6.07, 6.45) is 3.58. The molecule has 1 aromatic heterocycles. The Morgan fingerprint density at radius 2 is 2.00 bits per heavy atom. The van der Waals surface area contributed by atoms with Gasteiger partial charge >= 0.3 is 0 Å². The molecule has 1 rings (SSSR count). The van der Waals surface area contributed by atoms with E-state index in [9.17, 15) is 0 Å². The van der Waals surface area contributed by atoms with Crippen molar-refractivity contribution in [2.75, 3.05) is 0 Å². The number of hydrogen-bond acceptors (Lipinski definition) is 2. The van der Waals surface area contributed by atoms with Gasteiger partial charge in [0, 0.05) is 22.9 Å². The highest BCUT2D eigenvalue weighted by Crippen LogP contribution is 2.30. The first-order chi connectivity index (χ1) is 5.91. The minimum atomic E-state index is 0.0255. The Hall–Kier alpha value is -0.410. The first-order valence-electron chi connectivity index (χ1n) is 4.27. The third-order valence-electron chi connectivity index (χ3n) is 2.02. The van der Waals surface area contributed by atoms with Crippen LogP contribution in [-0.4, -0.2) is 4.98 Å². The summed E-state index contributed by atoms with van der Waals surface area (Å²) in [7, 11) is 0. The molecule has 0 saturated heterocycles. The first kappa shape index (κ1) is 10.7. The Morgan fingerprint density at radius 1 is 1.38 bits per heavy atom. The van der Waals surface area contributed by atoms with Crippen LogP contribution in [-0.2, 0) is 0 Å². The molecule has 0 saturated carbocycles. The van der Waals surface area contributed by atoms with Crippen molar-refractivity contribution in [3.05, 3.63) is 28.5 Å². The molecular formula is C10H15BrN2. The minimum absolute atomic E-state index is 0.0255. The van der Waals surface area contributed by atoms with E-state index in [-0.39, 0.29) is 11.5 Å². The molecule has 2 nitrogen and oxygen atoms in total. The van der Waals surface area contributed by atoms with Crippen molar-refractivity contribution in [3.63, 3.8) is 0 Å². The molecule has 1 aromatic rings. The maximum absolute atomic E-state index is 6.08. The van der Waals surface area contributed by atoms with Crippen LogP contribution in [0.3, 0.4) is 0 Å². The highest BCUT2D eigenvalue weighted by molar-refractivity contribution is 9.10. The molecule has 0 amide bonds. The fraction of sp³-hybridized carbons (Fsp3) is 0.500. The van der Waals surface area contributed by atoms with Crippen LogP contribution < -0.4 is 5.73 Å². The number of halogens is 1. The topological polar surface area (TPSA) is 38.9 Å². The summed E-state index contributed by atoms with van der Waals surface area (Å²) < 4.78 is 0.977. The molecule has 1 unspecified atom stereocenters. The highest BCUT2D eigenvalue weighted by Gasteiger charge is 2.22. The second-order valence-corrected chi connectivity index (χ2v) is 5.20. The van der Waals surface area contributed by atoms with E-state index in [1.54, 1.807) is 6.20 Å². The quantitative estimate of drug-likeness (QED) is 0.823. The predicted octanol–water partition coefficient (Wildman–Crippen LogP) is 2.89. The van der Waals surface area contributed by atoms with Crippen molar-refractivity contribution < 1.29 is 0 Å². The molecule has 13 heavy (non-hydrogen) atoms. The smallest absolute Gasteiger partial charge is 0.0410 e. The highest BCUT2D eigenvalue weighted by atomic mass is 79.9. The lowest BCUT2D eigenvalue weighted by atomic mass is 9.84. The number of nitrogens with zero attached hydrogens (tertiary/aromatic N) is 1. The van der Waals surface area contributed by atoms with Gasteiger partial charge in [-0.15, -0.1) is 0 Å². The Balaban J connectivity index is 2.96. The Morgan fingerprint density at radius 3 is 2.46 bits per heavy atom. The summed E-state index contributed by atoms with van der Waals surface area (Å²) in [5.41, 5.74) is 7.22. The zero-order valence-corrected chi connectivity index (χ0v) is 9.80. The lowest BCUT2D eigenvalue weighted by molar-refractivity contribution is 0.326. The van der Waals surface area contributed by atoms with Gasteiger partial charge in [-0.1, -0.05) is 20.8 Å². The van der Waals surface area contributed by atoms with Crippen LogP contribution in [0.25, 0.3) is 0 Å². The van der Waals surface area contributed by atoms with Gasteiger partial charge in [0.25, 0.3) is 0 Å². The van der Waals surface area contributed by atoms with Gasteiger partial charge in [0.15, 0.2) is 0 Å². The Kier molecular flexibility index (Phi) is 3.09. The normalized spacial score (nSPS) is 14.2.